The van der Waals surface area contributed by atoms with Gasteiger partial charge in [-0.25, -0.2) is 4.79 Å². The summed E-state index contributed by atoms with van der Waals surface area (Å²) in [5, 5.41) is 55.6. The van der Waals surface area contributed by atoms with E-state index in [1.807, 2.05) is 6.07 Å². The molecule has 1 saturated heterocycles. The highest BCUT2D eigenvalue weighted by Crippen LogP contribution is 2.54. The van der Waals surface area contributed by atoms with Gasteiger partial charge in [0.2, 0.25) is 0 Å². The fourth-order valence-corrected chi connectivity index (χ4v) is 7.38. The summed E-state index contributed by atoms with van der Waals surface area (Å²) in [5.74, 6) is -2.57. The normalized spacial score (nSPS) is 34.5. The third-order valence-corrected chi connectivity index (χ3v) is 9.64. The van der Waals surface area contributed by atoms with E-state index in [2.05, 4.69) is 25.4 Å². The van der Waals surface area contributed by atoms with Crippen molar-refractivity contribution in [1.29, 1.82) is 0 Å². The molecule has 1 aromatic heterocycles. The van der Waals surface area contributed by atoms with Gasteiger partial charge in [0.05, 0.1) is 31.6 Å². The maximum absolute atomic E-state index is 12.5. The second-order valence-corrected chi connectivity index (χ2v) is 12.4. The molecule has 3 heterocycles. The third kappa shape index (κ3) is 5.11. The highest BCUT2D eigenvalue weighted by atomic mass is 16.7. The number of carboxylic acid groups (broad SMARTS) is 1. The number of aliphatic carboxylic acids is 1. The number of carbonyl (C=O) groups excluding carboxylic acids is 1. The number of carbonyl (C=O) groups is 2. The summed E-state index contributed by atoms with van der Waals surface area (Å²) < 4.78 is 24.1. The van der Waals surface area contributed by atoms with Crippen LogP contribution < -0.4 is 10.6 Å². The van der Waals surface area contributed by atoms with Crippen molar-refractivity contribution < 1.29 is 54.1 Å². The second-order valence-electron chi connectivity index (χ2n) is 12.4. The molecule has 5 rings (SSSR count). The number of H-pyrrole nitrogens is 1. The van der Waals surface area contributed by atoms with Gasteiger partial charge in [-0.15, -0.1) is 6.58 Å². The number of aromatic nitrogens is 1. The summed E-state index contributed by atoms with van der Waals surface area (Å²) in [7, 11) is 1.22. The lowest BCUT2D eigenvalue weighted by atomic mass is 9.63. The average molecular weight is 618 g/mol. The standard InChI is InChI=1S/C32H43NO11/c1-5-17-19(14-26(36)37)18(28(38)41-4)8-9-23(17)42-30-31(40)11-10-21-20-13-22(16(2)3)33-27(20)24(7-6-12-34)44-32(21,29(31)39)25(15-35)43-30/h5,8,13,16-17,19,23,25,29-30,33-35,39-40H,1,6-7,9-12,14-15H2,2-4H3,(H,36,37). The van der Waals surface area contributed by atoms with Crippen LogP contribution in [-0.2, 0) is 28.5 Å². The molecule has 0 amide bonds. The number of rotatable bonds is 11. The van der Waals surface area contributed by atoms with Crippen LogP contribution in [0.5, 0.6) is 0 Å². The van der Waals surface area contributed by atoms with Crippen molar-refractivity contribution in [3.8, 4) is 0 Å². The minimum Gasteiger partial charge on any atom is -0.481 e. The lowest BCUT2D eigenvalue weighted by molar-refractivity contribution is -0.372. The van der Waals surface area contributed by atoms with E-state index in [0.29, 0.717) is 30.6 Å². The van der Waals surface area contributed by atoms with Crippen molar-refractivity contribution in [3.63, 3.8) is 0 Å². The summed E-state index contributed by atoms with van der Waals surface area (Å²) in [6.45, 7) is 7.32. The van der Waals surface area contributed by atoms with Gasteiger partial charge in [0, 0.05) is 41.3 Å². The number of fused-ring (bicyclic) bond motifs is 2. The van der Waals surface area contributed by atoms with Gasteiger partial charge in [-0.3, -0.25) is 4.79 Å². The molecule has 2 aliphatic carbocycles. The molecule has 0 radical (unpaired) electrons. The first-order valence-electron chi connectivity index (χ1n) is 15.2. The van der Waals surface area contributed by atoms with Crippen molar-refractivity contribution in [1.82, 2.24) is 4.98 Å². The highest BCUT2D eigenvalue weighted by Gasteiger charge is 2.70. The highest BCUT2D eigenvalue weighted by molar-refractivity contribution is 5.90. The molecule has 4 aliphatic rings. The maximum Gasteiger partial charge on any atom is 0.333 e. The van der Waals surface area contributed by atoms with E-state index in [9.17, 15) is 35.1 Å². The zero-order valence-corrected chi connectivity index (χ0v) is 25.3. The zero-order valence-electron chi connectivity index (χ0n) is 25.3. The van der Waals surface area contributed by atoms with Crippen LogP contribution in [-0.4, -0.2) is 98.6 Å². The van der Waals surface area contributed by atoms with Gasteiger partial charge in [0.25, 0.3) is 0 Å². The van der Waals surface area contributed by atoms with Crippen LogP contribution in [0.4, 0.5) is 0 Å². The number of aromatic amines is 1. The first-order valence-corrected chi connectivity index (χ1v) is 15.2. The van der Waals surface area contributed by atoms with Crippen molar-refractivity contribution in [2.75, 3.05) is 20.3 Å². The fraction of sp³-hybridized carbons (Fsp3) is 0.625. The molecule has 2 fully saturated rings. The molecule has 242 valence electrons. The van der Waals surface area contributed by atoms with Crippen LogP contribution >= 0.6 is 0 Å². The summed E-state index contributed by atoms with van der Waals surface area (Å²) in [6.07, 6.45) is -0.932. The van der Waals surface area contributed by atoms with Crippen LogP contribution in [0.15, 0.2) is 30.4 Å². The molecular formula is C32H43NO11. The van der Waals surface area contributed by atoms with Crippen LogP contribution in [0.2, 0.25) is 0 Å². The number of methoxy groups -OCH3 is 1. The Kier molecular flexibility index (Phi) is 9.14. The monoisotopic (exact) mass is 617 g/mol. The Labute approximate surface area is 255 Å². The largest absolute Gasteiger partial charge is 0.481 e. The van der Waals surface area contributed by atoms with E-state index in [1.165, 1.54) is 13.2 Å². The number of aliphatic hydroxyl groups excluding tert-OH is 3. The van der Waals surface area contributed by atoms with Gasteiger partial charge in [-0.05, 0) is 43.2 Å². The molecule has 0 aromatic carbocycles. The van der Waals surface area contributed by atoms with E-state index < -0.39 is 66.2 Å². The van der Waals surface area contributed by atoms with Crippen molar-refractivity contribution in [2.24, 2.45) is 11.8 Å². The van der Waals surface area contributed by atoms with Crippen LogP contribution in [0.3, 0.4) is 0 Å². The van der Waals surface area contributed by atoms with Gasteiger partial charge >= 0.3 is 11.9 Å². The molecular weight excluding hydrogens is 574 g/mol. The Bertz CT molecular complexity index is 1450. The number of esters is 1. The van der Waals surface area contributed by atoms with Gasteiger partial charge in [0.15, 0.2) is 11.9 Å². The Morgan fingerprint density at radius 2 is 2.05 bits per heavy atom. The smallest absolute Gasteiger partial charge is 0.333 e. The second kappa shape index (κ2) is 12.4. The topological polar surface area (TPSA) is 188 Å². The minimum absolute atomic E-state index is 0.0539. The predicted molar refractivity (Wildman–Crippen MR) is 156 cm³/mol. The van der Waals surface area contributed by atoms with Crippen molar-refractivity contribution in [3.05, 3.63) is 46.6 Å². The predicted octanol–water partition coefficient (Wildman–Crippen LogP) is 0.323. The van der Waals surface area contributed by atoms with Crippen LogP contribution in [0.1, 0.15) is 64.0 Å². The zero-order chi connectivity index (χ0) is 32.0. The Morgan fingerprint density at radius 3 is 2.66 bits per heavy atom. The molecule has 44 heavy (non-hydrogen) atoms. The molecule has 2 bridgehead atoms. The molecule has 6 N–H and O–H groups in total. The quantitative estimate of drug-likeness (QED) is 0.148. The molecule has 8 unspecified atom stereocenters. The number of ether oxygens (including phenoxy) is 4. The average Bonchev–Trinajstić information content (AvgIpc) is 3.45. The Balaban J connectivity index is 1.54. The van der Waals surface area contributed by atoms with Gasteiger partial charge in [-0.2, -0.15) is 0 Å². The lowest BCUT2D eigenvalue weighted by Gasteiger charge is -2.60. The number of hydrogen-bond donors (Lipinski definition) is 6. The van der Waals surface area contributed by atoms with E-state index in [0.717, 1.165) is 16.3 Å². The summed E-state index contributed by atoms with van der Waals surface area (Å²) in [4.78, 5) is 27.6. The third-order valence-electron chi connectivity index (χ3n) is 9.64. The van der Waals surface area contributed by atoms with E-state index >= 15 is 0 Å². The Morgan fingerprint density at radius 1 is 1.30 bits per heavy atom. The summed E-state index contributed by atoms with van der Waals surface area (Å²) in [6, 6.07) is 2.01. The van der Waals surface area contributed by atoms with E-state index in [4.69, 9.17) is 18.9 Å². The first kappa shape index (κ1) is 32.4. The molecule has 1 saturated carbocycles. The fourth-order valence-electron chi connectivity index (χ4n) is 7.38. The number of carboxylic acids is 1. The van der Waals surface area contributed by atoms with Crippen LogP contribution in [0.25, 0.3) is 11.3 Å². The Hall–Kier alpha value is -3.00. The first-order chi connectivity index (χ1) is 21.0. The van der Waals surface area contributed by atoms with Crippen molar-refractivity contribution >= 4 is 23.3 Å². The summed E-state index contributed by atoms with van der Waals surface area (Å²) in [5.41, 5.74) is -1.72. The van der Waals surface area contributed by atoms with Gasteiger partial charge in [0.1, 0.15) is 23.6 Å². The van der Waals surface area contributed by atoms with E-state index in [1.54, 1.807) is 6.08 Å². The SMILES string of the molecule is C=CC1C(OC2OC(CO)C34OC(CCCO)=c5[nH]c(C(C)C)cc5=C3CCC2(O)C4O)CC=C(C(=O)OC)C1CC(=O)O. The molecule has 12 heteroatoms. The number of hydrogen-bond acceptors (Lipinski definition) is 10. The minimum atomic E-state index is -1.97. The molecule has 8 atom stereocenters. The van der Waals surface area contributed by atoms with Crippen molar-refractivity contribution in [2.45, 2.75) is 94.1 Å². The van der Waals surface area contributed by atoms with Crippen LogP contribution in [0, 0.1) is 11.8 Å². The molecule has 2 aliphatic heterocycles. The molecule has 12 nitrogen and oxygen atoms in total. The lowest BCUT2D eigenvalue weighted by Crippen LogP contribution is -2.78. The molecule has 1 aromatic rings. The summed E-state index contributed by atoms with van der Waals surface area (Å²) >= 11 is 0. The maximum atomic E-state index is 12.5. The molecule has 1 spiro atoms. The number of nitrogens with one attached hydrogen (secondary N) is 1. The number of aliphatic hydroxyl groups is 4. The van der Waals surface area contributed by atoms with Gasteiger partial charge in [-0.1, -0.05) is 26.0 Å². The van der Waals surface area contributed by atoms with Gasteiger partial charge < -0.3 is 49.5 Å². The van der Waals surface area contributed by atoms with E-state index in [-0.39, 0.29) is 37.4 Å².